The Kier molecular flexibility index (Phi) is 15.4. The van der Waals surface area contributed by atoms with E-state index in [2.05, 4.69) is 0 Å². The second kappa shape index (κ2) is 19.0. The van der Waals surface area contributed by atoms with Gasteiger partial charge in [0.05, 0.1) is 53.5 Å². The van der Waals surface area contributed by atoms with E-state index in [1.165, 1.54) is 7.11 Å². The Morgan fingerprint density at radius 2 is 1.45 bits per heavy atom. The van der Waals surface area contributed by atoms with Crippen LogP contribution >= 0.6 is 0 Å². The van der Waals surface area contributed by atoms with Crippen molar-refractivity contribution in [2.45, 2.75) is 185 Å². The predicted octanol–water partition coefficient (Wildman–Crippen LogP) is 10.3. The van der Waals surface area contributed by atoms with Crippen LogP contribution in [0.2, 0.25) is 0 Å². The molecular weight excluding hydrogens is 941 g/mol. The number of ether oxygens (including phenoxy) is 4. The Labute approximate surface area is 405 Å². The molecule has 3 saturated carbocycles. The molecule has 0 spiro atoms. The normalized spacial score (nSPS) is 38.1. The van der Waals surface area contributed by atoms with Crippen LogP contribution in [0.15, 0.2) is 0 Å². The average molecular weight is 1020 g/mol. The maximum absolute atomic E-state index is 16.8. The zero-order chi connectivity index (χ0) is 51.1. The van der Waals surface area contributed by atoms with E-state index in [0.717, 1.165) is 13.8 Å². The number of aliphatic hydroxyl groups is 3. The zero-order valence-electron chi connectivity index (χ0n) is 41.9. The van der Waals surface area contributed by atoms with Crippen LogP contribution in [-0.2, 0) is 28.8 Å². The van der Waals surface area contributed by atoms with Gasteiger partial charge in [0.2, 0.25) is 5.92 Å². The molecule has 0 aromatic heterocycles. The van der Waals surface area contributed by atoms with E-state index >= 15 is 35.1 Å². The lowest BCUT2D eigenvalue weighted by atomic mass is 9.30. The first-order chi connectivity index (χ1) is 31.9. The Morgan fingerprint density at radius 3 is 1.91 bits per heavy atom. The maximum atomic E-state index is 16.8. The van der Waals surface area contributed by atoms with Gasteiger partial charge in [-0.1, -0.05) is 41.5 Å². The summed E-state index contributed by atoms with van der Waals surface area (Å²) in [6.45, 7) is 8.02. The number of hydrogen-bond acceptors (Lipinski definition) is 9. The van der Waals surface area contributed by atoms with Crippen molar-refractivity contribution in [3.8, 4) is 0 Å². The summed E-state index contributed by atoms with van der Waals surface area (Å²) < 4.78 is 183. The molecule has 4 heterocycles. The minimum Gasteiger partial charge on any atom is -0.396 e. The van der Waals surface area contributed by atoms with Crippen LogP contribution in [-0.4, -0.2) is 124 Å². The van der Waals surface area contributed by atoms with E-state index in [1.54, 1.807) is 20.3 Å². The molecule has 18 heteroatoms. The van der Waals surface area contributed by atoms with Crippen LogP contribution in [0.4, 0.5) is 35.1 Å². The van der Waals surface area contributed by atoms with E-state index in [1.807, 2.05) is 13.8 Å². The molecular formula is C51H81F8O9S. The molecule has 69 heavy (non-hydrogen) atoms. The second-order valence-corrected chi connectivity index (χ2v) is 27.1. The summed E-state index contributed by atoms with van der Waals surface area (Å²) >= 11 is 0. The van der Waals surface area contributed by atoms with E-state index in [4.69, 9.17) is 18.9 Å². The van der Waals surface area contributed by atoms with Crippen molar-refractivity contribution in [3.63, 3.8) is 0 Å². The zero-order valence-corrected chi connectivity index (χ0v) is 42.7. The predicted molar refractivity (Wildman–Crippen MR) is 243 cm³/mol. The number of hydrogen-bond donors (Lipinski definition) is 3. The number of aliphatic hydroxyl groups excluding tert-OH is 3. The van der Waals surface area contributed by atoms with Gasteiger partial charge < -0.3 is 34.3 Å². The highest BCUT2D eigenvalue weighted by molar-refractivity contribution is 7.93. The third-order valence-corrected chi connectivity index (χ3v) is 22.5. The van der Waals surface area contributed by atoms with Crippen molar-refractivity contribution in [2.24, 2.45) is 68.0 Å². The molecule has 1 radical (unpaired) electrons. The highest BCUT2D eigenvalue weighted by Gasteiger charge is 2.86. The highest BCUT2D eigenvalue weighted by Crippen LogP contribution is 2.83. The lowest BCUT2D eigenvalue weighted by Gasteiger charge is -2.79. The van der Waals surface area contributed by atoms with Gasteiger partial charge in [0.1, 0.15) is 0 Å². The molecule has 4 aliphatic heterocycles. The standard InChI is InChI=1S/C51H81F8O9S/c1-41(2,30-60)29-47(44(31-61)22-23-44,33-9-11-36(62)12-10-33)50(42(3,4)32-65-7)49(34-13-19-45(52,53)20-14-34,39(15-21-48(54,55)56)43(5,6)51(57,58)59)37(17-25-68-50)40-38(28-67-40)46(35-16-24-66-27-35)18-8-26-69(46,63)64/h18,33-40,60-62H,8-17,19-32H2,1-7H3. The van der Waals surface area contributed by atoms with Crippen LogP contribution in [0.3, 0.4) is 0 Å². The van der Waals surface area contributed by atoms with Gasteiger partial charge in [-0.05, 0) is 119 Å². The average Bonchev–Trinajstić information content (AvgIpc) is 3.72. The topological polar surface area (TPSA) is 132 Å². The lowest BCUT2D eigenvalue weighted by molar-refractivity contribution is -0.408. The molecule has 9 nitrogen and oxygen atoms in total. The van der Waals surface area contributed by atoms with Crippen molar-refractivity contribution in [1.29, 1.82) is 0 Å². The minimum absolute atomic E-state index is 0.00120. The van der Waals surface area contributed by atoms with E-state index < -0.39 is 158 Å². The fourth-order valence-electron chi connectivity index (χ4n) is 17.0. The molecule has 0 aromatic carbocycles. The van der Waals surface area contributed by atoms with E-state index in [9.17, 15) is 23.7 Å². The monoisotopic (exact) mass is 1020 g/mol. The Hall–Kier alpha value is -0.890. The molecule has 9 unspecified atom stereocenters. The van der Waals surface area contributed by atoms with Crippen LogP contribution in [0, 0.1) is 74.4 Å². The molecule has 401 valence electrons. The molecule has 0 amide bonds. The minimum atomic E-state index is -5.19. The first-order valence-corrected chi connectivity index (χ1v) is 27.3. The van der Waals surface area contributed by atoms with Gasteiger partial charge in [-0.3, -0.25) is 0 Å². The third kappa shape index (κ3) is 8.87. The summed E-state index contributed by atoms with van der Waals surface area (Å²) in [5.41, 5.74) is -12.6. The smallest absolute Gasteiger partial charge is 0.394 e. The quantitative estimate of drug-likeness (QED) is 0.115. The maximum Gasteiger partial charge on any atom is 0.394 e. The molecule has 0 aromatic rings. The second-order valence-electron chi connectivity index (χ2n) is 24.8. The number of rotatable bonds is 18. The summed E-state index contributed by atoms with van der Waals surface area (Å²) in [7, 11) is -2.56. The third-order valence-electron chi connectivity index (χ3n) is 19.8. The molecule has 3 N–H and O–H groups in total. The van der Waals surface area contributed by atoms with E-state index in [-0.39, 0.29) is 83.7 Å². The van der Waals surface area contributed by atoms with Gasteiger partial charge in [-0.25, -0.2) is 17.2 Å². The van der Waals surface area contributed by atoms with E-state index in [0.29, 0.717) is 32.1 Å². The Morgan fingerprint density at radius 1 is 0.812 bits per heavy atom. The van der Waals surface area contributed by atoms with Crippen LogP contribution < -0.4 is 0 Å². The number of halogens is 8. The highest BCUT2D eigenvalue weighted by atomic mass is 32.2. The van der Waals surface area contributed by atoms with Gasteiger partial charge in [0.25, 0.3) is 0 Å². The summed E-state index contributed by atoms with van der Waals surface area (Å²) in [6, 6.07) is 0. The van der Waals surface area contributed by atoms with Gasteiger partial charge in [-0.2, -0.15) is 26.3 Å². The molecule has 7 fully saturated rings. The van der Waals surface area contributed by atoms with Crippen molar-refractivity contribution in [3.05, 3.63) is 6.42 Å². The van der Waals surface area contributed by atoms with Crippen LogP contribution in [0.5, 0.6) is 0 Å². The SMILES string of the molecule is COCC(C)(C)C1(C(CC(C)(C)CO)(C2CCC(O)CC2)C2(CO)CC2)OCCC(C2OCC2C2(C3CCOC3)[CH]CCS2(=O)=O)C1(C1CCC(F)(F)CC1)C(CCC(F)(F)F)C(C)(C)C(F)(F)F. The summed E-state index contributed by atoms with van der Waals surface area (Å²) in [6.07, 6.45) is -13.0. The molecule has 4 saturated heterocycles. The number of sulfone groups is 1. The van der Waals surface area contributed by atoms with Crippen molar-refractivity contribution < 1.29 is 77.8 Å². The van der Waals surface area contributed by atoms with Crippen molar-refractivity contribution in [2.75, 3.05) is 59.1 Å². The number of methoxy groups -OCH3 is 1. The summed E-state index contributed by atoms with van der Waals surface area (Å²) in [5.74, 6) is -9.87. The fourth-order valence-corrected chi connectivity index (χ4v) is 19.5. The molecule has 7 aliphatic rings. The Bertz CT molecular complexity index is 1880. The molecule has 7 rings (SSSR count). The van der Waals surface area contributed by atoms with Crippen molar-refractivity contribution >= 4 is 9.84 Å². The number of alkyl halides is 8. The van der Waals surface area contributed by atoms with Crippen molar-refractivity contribution in [1.82, 2.24) is 0 Å². The lowest BCUT2D eigenvalue weighted by Crippen LogP contribution is -2.83. The largest absolute Gasteiger partial charge is 0.396 e. The fraction of sp³-hybridized carbons (Fsp3) is 0.980. The molecule has 3 aliphatic carbocycles. The summed E-state index contributed by atoms with van der Waals surface area (Å²) in [4.78, 5) is 0. The molecule has 9 atom stereocenters. The van der Waals surface area contributed by atoms with Gasteiger partial charge in [-0.15, -0.1) is 0 Å². The summed E-state index contributed by atoms with van der Waals surface area (Å²) in [5, 5.41) is 34.8. The first-order valence-electron chi connectivity index (χ1n) is 25.7. The Balaban J connectivity index is 1.72. The van der Waals surface area contributed by atoms with Gasteiger partial charge >= 0.3 is 12.4 Å². The van der Waals surface area contributed by atoms with Gasteiger partial charge in [0, 0.05) is 86.3 Å². The first kappa shape index (κ1) is 55.9. The molecule has 0 bridgehead atoms. The van der Waals surface area contributed by atoms with Gasteiger partial charge in [0.15, 0.2) is 9.84 Å². The van der Waals surface area contributed by atoms with Crippen LogP contribution in [0.1, 0.15) is 144 Å². The van der Waals surface area contributed by atoms with Crippen LogP contribution in [0.25, 0.3) is 0 Å².